The first kappa shape index (κ1) is 24.7. The number of Topliss-reactive ketones (excluding diaryl/α,β-unsaturated/α-hetero) is 1. The summed E-state index contributed by atoms with van der Waals surface area (Å²) in [5.41, 5.74) is 3.24. The lowest BCUT2D eigenvalue weighted by Gasteiger charge is -2.40. The molecule has 0 radical (unpaired) electrons. The molecule has 2 aromatic carbocycles. The summed E-state index contributed by atoms with van der Waals surface area (Å²) in [7, 11) is 1.33. The van der Waals surface area contributed by atoms with Gasteiger partial charge < -0.3 is 29.0 Å². The predicted molar refractivity (Wildman–Crippen MR) is 135 cm³/mol. The van der Waals surface area contributed by atoms with Crippen LogP contribution in [0.15, 0.2) is 59.9 Å². The molecule has 39 heavy (non-hydrogen) atoms. The van der Waals surface area contributed by atoms with Crippen molar-refractivity contribution in [3.8, 4) is 11.5 Å². The van der Waals surface area contributed by atoms with E-state index in [1.54, 1.807) is 31.2 Å². The van der Waals surface area contributed by atoms with Crippen LogP contribution in [0.1, 0.15) is 40.4 Å². The van der Waals surface area contributed by atoms with Gasteiger partial charge in [0, 0.05) is 17.5 Å². The van der Waals surface area contributed by atoms with E-state index >= 15 is 0 Å². The van der Waals surface area contributed by atoms with Gasteiger partial charge in [-0.15, -0.1) is 0 Å². The fourth-order valence-electron chi connectivity index (χ4n) is 5.77. The average molecular weight is 532 g/mol. The maximum absolute atomic E-state index is 13.2. The molecule has 0 aromatic heterocycles. The summed E-state index contributed by atoms with van der Waals surface area (Å²) in [5, 5.41) is 3.52. The SMILES string of the molecule is CCOC(=O)c1ccc(N[C@@H]2c3cc4c(cc3[C@@H](C3=CC(=O)C(=O)C(OC)=C3)[C@H]3C(=O)OC[C@@H]32)OCO4)cc1. The van der Waals surface area contributed by atoms with E-state index in [2.05, 4.69) is 5.32 Å². The van der Waals surface area contributed by atoms with Crippen molar-refractivity contribution in [2.45, 2.75) is 18.9 Å². The minimum atomic E-state index is -0.737. The van der Waals surface area contributed by atoms with Crippen LogP contribution in [0, 0.1) is 11.8 Å². The molecule has 2 aliphatic heterocycles. The third-order valence-electron chi connectivity index (χ3n) is 7.53. The number of carbonyl (C=O) groups is 4. The lowest BCUT2D eigenvalue weighted by Crippen LogP contribution is -2.38. The Balaban J connectivity index is 1.45. The number of methoxy groups -OCH3 is 1. The maximum Gasteiger partial charge on any atom is 0.338 e. The molecule has 4 aliphatic rings. The summed E-state index contributed by atoms with van der Waals surface area (Å²) < 4.78 is 27.1. The molecule has 10 nitrogen and oxygen atoms in total. The third-order valence-corrected chi connectivity index (χ3v) is 7.53. The van der Waals surface area contributed by atoms with Crippen LogP contribution in [0.2, 0.25) is 0 Å². The minimum absolute atomic E-state index is 0.0641. The van der Waals surface area contributed by atoms with Crippen molar-refractivity contribution in [3.63, 3.8) is 0 Å². The Morgan fingerprint density at radius 2 is 1.72 bits per heavy atom. The van der Waals surface area contributed by atoms with Crippen LogP contribution in [-0.4, -0.2) is 50.6 Å². The Hall–Kier alpha value is -4.60. The van der Waals surface area contributed by atoms with E-state index in [1.165, 1.54) is 19.3 Å². The summed E-state index contributed by atoms with van der Waals surface area (Å²) in [6.45, 7) is 2.25. The minimum Gasteiger partial charge on any atom is -0.492 e. The molecule has 0 saturated carbocycles. The Morgan fingerprint density at radius 3 is 2.41 bits per heavy atom. The number of nitrogens with one attached hydrogen (secondary N) is 1. The standard InChI is InChI=1S/C29H25NO9/c1-3-36-28(33)14-4-6-16(7-5-14)30-26-18-11-22-21(38-13-39-22)10-17(18)24(25-19(26)12-37-29(25)34)15-8-20(31)27(32)23(9-15)35-2/h4-11,19,24-26,30H,3,12-13H2,1-2H3/t19-,24+,25-,26+/m0/s1. The average Bonchev–Trinajstić information content (AvgIpc) is 3.56. The summed E-state index contributed by atoms with van der Waals surface area (Å²) in [4.78, 5) is 50.1. The number of hydrogen-bond donors (Lipinski definition) is 1. The highest BCUT2D eigenvalue weighted by Crippen LogP contribution is 2.55. The van der Waals surface area contributed by atoms with Crippen LogP contribution < -0.4 is 14.8 Å². The molecule has 2 aromatic rings. The van der Waals surface area contributed by atoms with Gasteiger partial charge in [-0.2, -0.15) is 0 Å². The quantitative estimate of drug-likeness (QED) is 0.337. The number of anilines is 1. The lowest BCUT2D eigenvalue weighted by atomic mass is 9.64. The second-order valence-electron chi connectivity index (χ2n) is 9.60. The molecule has 2 heterocycles. The van der Waals surface area contributed by atoms with Gasteiger partial charge in [-0.25, -0.2) is 4.79 Å². The molecule has 0 spiro atoms. The van der Waals surface area contributed by atoms with Gasteiger partial charge in [-0.05, 0) is 72.2 Å². The third kappa shape index (κ3) is 4.12. The number of fused-ring (bicyclic) bond motifs is 3. The highest BCUT2D eigenvalue weighted by molar-refractivity contribution is 6.47. The van der Waals surface area contributed by atoms with Gasteiger partial charge in [0.05, 0.1) is 37.8 Å². The van der Waals surface area contributed by atoms with Crippen molar-refractivity contribution >= 4 is 29.2 Å². The van der Waals surface area contributed by atoms with Crippen LogP contribution in [0.4, 0.5) is 5.69 Å². The van der Waals surface area contributed by atoms with Crippen molar-refractivity contribution in [1.29, 1.82) is 0 Å². The Kier molecular flexibility index (Phi) is 6.09. The zero-order valence-corrected chi connectivity index (χ0v) is 21.2. The zero-order valence-electron chi connectivity index (χ0n) is 21.2. The van der Waals surface area contributed by atoms with Gasteiger partial charge in [0.1, 0.15) is 0 Å². The first-order valence-electron chi connectivity index (χ1n) is 12.6. The molecule has 0 amide bonds. The highest BCUT2D eigenvalue weighted by Gasteiger charge is 2.53. The number of ether oxygens (including phenoxy) is 5. The smallest absolute Gasteiger partial charge is 0.338 e. The van der Waals surface area contributed by atoms with Gasteiger partial charge in [-0.1, -0.05) is 0 Å². The molecule has 1 N–H and O–H groups in total. The van der Waals surface area contributed by atoms with Crippen LogP contribution in [-0.2, 0) is 28.6 Å². The molecule has 1 fully saturated rings. The molecule has 2 aliphatic carbocycles. The van der Waals surface area contributed by atoms with E-state index in [4.69, 9.17) is 23.7 Å². The number of benzene rings is 2. The molecule has 1 saturated heterocycles. The monoisotopic (exact) mass is 531 g/mol. The van der Waals surface area contributed by atoms with Crippen LogP contribution in [0.3, 0.4) is 0 Å². The van der Waals surface area contributed by atoms with E-state index < -0.39 is 35.3 Å². The summed E-state index contributed by atoms with van der Waals surface area (Å²) in [5.74, 6) is -2.77. The van der Waals surface area contributed by atoms with Gasteiger partial charge in [-0.3, -0.25) is 14.4 Å². The Bertz CT molecular complexity index is 1460. The highest BCUT2D eigenvalue weighted by atomic mass is 16.7. The predicted octanol–water partition coefficient (Wildman–Crippen LogP) is 3.24. The Labute approximate surface area is 223 Å². The van der Waals surface area contributed by atoms with Gasteiger partial charge in [0.15, 0.2) is 17.3 Å². The zero-order chi connectivity index (χ0) is 27.3. The molecular formula is C29H25NO9. The first-order valence-corrected chi connectivity index (χ1v) is 12.6. The molecule has 200 valence electrons. The number of cyclic esters (lactones) is 1. The summed E-state index contributed by atoms with van der Waals surface area (Å²) in [6, 6.07) is 10.2. The molecule has 4 atom stereocenters. The molecule has 0 unspecified atom stereocenters. The van der Waals surface area contributed by atoms with E-state index in [1.807, 2.05) is 12.1 Å². The van der Waals surface area contributed by atoms with Crippen molar-refractivity contribution in [2.24, 2.45) is 11.8 Å². The lowest BCUT2D eigenvalue weighted by molar-refractivity contribution is -0.141. The van der Waals surface area contributed by atoms with Crippen LogP contribution in [0.5, 0.6) is 11.5 Å². The van der Waals surface area contributed by atoms with E-state index in [-0.39, 0.29) is 37.7 Å². The Morgan fingerprint density at radius 1 is 1.00 bits per heavy atom. The van der Waals surface area contributed by atoms with E-state index in [0.717, 1.165) is 16.8 Å². The number of hydrogen-bond acceptors (Lipinski definition) is 10. The molecule has 10 heteroatoms. The van der Waals surface area contributed by atoms with E-state index in [9.17, 15) is 19.2 Å². The van der Waals surface area contributed by atoms with Crippen molar-refractivity contribution in [1.82, 2.24) is 0 Å². The normalized spacial score (nSPS) is 24.7. The maximum atomic E-state index is 13.2. The topological polar surface area (TPSA) is 126 Å². The summed E-state index contributed by atoms with van der Waals surface area (Å²) >= 11 is 0. The largest absolute Gasteiger partial charge is 0.492 e. The van der Waals surface area contributed by atoms with E-state index in [0.29, 0.717) is 22.6 Å². The molecular weight excluding hydrogens is 506 g/mol. The van der Waals surface area contributed by atoms with Gasteiger partial charge in [0.2, 0.25) is 12.6 Å². The fourth-order valence-corrected chi connectivity index (χ4v) is 5.77. The molecule has 6 rings (SSSR count). The first-order chi connectivity index (χ1) is 18.9. The number of rotatable bonds is 6. The van der Waals surface area contributed by atoms with Crippen LogP contribution in [0.25, 0.3) is 0 Å². The number of carbonyl (C=O) groups excluding carboxylic acids is 4. The van der Waals surface area contributed by atoms with Crippen LogP contribution >= 0.6 is 0 Å². The van der Waals surface area contributed by atoms with Crippen molar-refractivity contribution in [3.05, 3.63) is 76.6 Å². The summed E-state index contributed by atoms with van der Waals surface area (Å²) in [6.07, 6.45) is 2.79. The van der Waals surface area contributed by atoms with Gasteiger partial charge in [0.25, 0.3) is 5.78 Å². The number of allylic oxidation sites excluding steroid dienone is 4. The molecule has 0 bridgehead atoms. The van der Waals surface area contributed by atoms with Gasteiger partial charge >= 0.3 is 11.9 Å². The number of ketones is 2. The second-order valence-corrected chi connectivity index (χ2v) is 9.60. The van der Waals surface area contributed by atoms with Crippen molar-refractivity contribution < 1.29 is 42.9 Å². The second kappa shape index (κ2) is 9.61. The van der Waals surface area contributed by atoms with Crippen molar-refractivity contribution in [2.75, 3.05) is 32.4 Å². The number of esters is 2. The fraction of sp³-hybridized carbons (Fsp3) is 0.310.